The zero-order valence-electron chi connectivity index (χ0n) is 11.4. The third-order valence-corrected chi connectivity index (χ3v) is 2.88. The van der Waals surface area contributed by atoms with Gasteiger partial charge in [0.1, 0.15) is 0 Å². The van der Waals surface area contributed by atoms with Crippen LogP contribution in [0.3, 0.4) is 0 Å². The molecule has 1 aromatic rings. The summed E-state index contributed by atoms with van der Waals surface area (Å²) >= 11 is 4.86. The van der Waals surface area contributed by atoms with Gasteiger partial charge in [-0.25, -0.2) is 4.79 Å². The predicted octanol–water partition coefficient (Wildman–Crippen LogP) is 1.97. The largest absolute Gasteiger partial charge is 0.465 e. The van der Waals surface area contributed by atoms with Gasteiger partial charge in [-0.1, -0.05) is 0 Å². The van der Waals surface area contributed by atoms with Crippen LogP contribution in [0.25, 0.3) is 0 Å². The molecule has 0 saturated carbocycles. The van der Waals surface area contributed by atoms with Crippen molar-refractivity contribution in [3.05, 3.63) is 23.8 Å². The van der Waals surface area contributed by atoms with Crippen molar-refractivity contribution in [2.24, 2.45) is 5.73 Å². The standard InChI is InChI=1S/C13H19N3O2S/c1-4-16(5-2)11-8-9(12(17)18-3)6-7-10(11)15-13(14)19/h6-8H,4-5H2,1-3H3,(H3,14,15,19). The fourth-order valence-electron chi connectivity index (χ4n) is 1.84. The molecule has 0 saturated heterocycles. The molecule has 0 aromatic heterocycles. The average molecular weight is 281 g/mol. The van der Waals surface area contributed by atoms with Crippen molar-refractivity contribution in [3.63, 3.8) is 0 Å². The quantitative estimate of drug-likeness (QED) is 0.635. The van der Waals surface area contributed by atoms with Gasteiger partial charge in [0.2, 0.25) is 0 Å². The number of benzene rings is 1. The lowest BCUT2D eigenvalue weighted by Crippen LogP contribution is -2.26. The number of ether oxygens (including phenoxy) is 1. The van der Waals surface area contributed by atoms with Crippen molar-refractivity contribution < 1.29 is 9.53 Å². The van der Waals surface area contributed by atoms with Gasteiger partial charge in [0.05, 0.1) is 24.0 Å². The number of methoxy groups -OCH3 is 1. The highest BCUT2D eigenvalue weighted by atomic mass is 32.1. The van der Waals surface area contributed by atoms with Gasteiger partial charge in [-0.15, -0.1) is 0 Å². The number of hydrogen-bond donors (Lipinski definition) is 2. The molecule has 0 aliphatic rings. The number of nitrogens with zero attached hydrogens (tertiary/aromatic N) is 1. The number of carbonyl (C=O) groups is 1. The number of thiocarbonyl (C=S) groups is 1. The van der Waals surface area contributed by atoms with Crippen LogP contribution >= 0.6 is 12.2 Å². The second kappa shape index (κ2) is 6.94. The Morgan fingerprint density at radius 3 is 2.53 bits per heavy atom. The topological polar surface area (TPSA) is 67.6 Å². The average Bonchev–Trinajstić information content (AvgIpc) is 2.40. The van der Waals surface area contributed by atoms with Crippen LogP contribution in [0.2, 0.25) is 0 Å². The second-order valence-corrected chi connectivity index (χ2v) is 4.32. The van der Waals surface area contributed by atoms with Crippen LogP contribution in [0.5, 0.6) is 0 Å². The van der Waals surface area contributed by atoms with E-state index in [4.69, 9.17) is 22.7 Å². The Balaban J connectivity index is 3.24. The lowest BCUT2D eigenvalue weighted by Gasteiger charge is -2.24. The third kappa shape index (κ3) is 3.82. The number of anilines is 2. The molecule has 0 fully saturated rings. The first-order valence-corrected chi connectivity index (χ1v) is 6.48. The van der Waals surface area contributed by atoms with Crippen molar-refractivity contribution in [2.75, 3.05) is 30.4 Å². The summed E-state index contributed by atoms with van der Waals surface area (Å²) in [6, 6.07) is 5.23. The van der Waals surface area contributed by atoms with E-state index in [1.54, 1.807) is 18.2 Å². The van der Waals surface area contributed by atoms with E-state index in [9.17, 15) is 4.79 Å². The zero-order valence-corrected chi connectivity index (χ0v) is 12.2. The summed E-state index contributed by atoms with van der Waals surface area (Å²) in [6.45, 7) is 5.71. The highest BCUT2D eigenvalue weighted by molar-refractivity contribution is 7.80. The normalized spacial score (nSPS) is 9.84. The SMILES string of the molecule is CCN(CC)c1cc(C(=O)OC)ccc1NC(N)=S. The number of rotatable bonds is 5. The highest BCUT2D eigenvalue weighted by Crippen LogP contribution is 2.27. The van der Waals surface area contributed by atoms with Crippen LogP contribution in [0, 0.1) is 0 Å². The molecule has 0 aliphatic carbocycles. The number of nitrogens with one attached hydrogen (secondary N) is 1. The molecule has 0 aliphatic heterocycles. The van der Waals surface area contributed by atoms with E-state index < -0.39 is 0 Å². The maximum atomic E-state index is 11.6. The van der Waals surface area contributed by atoms with Crippen molar-refractivity contribution in [1.29, 1.82) is 0 Å². The molecule has 1 aromatic carbocycles. The van der Waals surface area contributed by atoms with Crippen LogP contribution in [-0.2, 0) is 4.74 Å². The molecule has 0 bridgehead atoms. The number of esters is 1. The Bertz CT molecular complexity index is 473. The van der Waals surface area contributed by atoms with Crippen LogP contribution in [0.15, 0.2) is 18.2 Å². The fraction of sp³-hybridized carbons (Fsp3) is 0.385. The molecule has 6 heteroatoms. The maximum Gasteiger partial charge on any atom is 0.337 e. The Kier molecular flexibility index (Phi) is 5.57. The van der Waals surface area contributed by atoms with Gasteiger partial charge in [-0.2, -0.15) is 0 Å². The van der Waals surface area contributed by atoms with E-state index in [2.05, 4.69) is 10.2 Å². The van der Waals surface area contributed by atoms with Gasteiger partial charge in [0.15, 0.2) is 5.11 Å². The number of hydrogen-bond acceptors (Lipinski definition) is 4. The van der Waals surface area contributed by atoms with Crippen molar-refractivity contribution in [1.82, 2.24) is 0 Å². The summed E-state index contributed by atoms with van der Waals surface area (Å²) in [5.41, 5.74) is 7.67. The molecule has 104 valence electrons. The molecule has 0 radical (unpaired) electrons. The number of carbonyl (C=O) groups excluding carboxylic acids is 1. The van der Waals surface area contributed by atoms with Crippen LogP contribution < -0.4 is 16.0 Å². The van der Waals surface area contributed by atoms with E-state index >= 15 is 0 Å². The molecular weight excluding hydrogens is 262 g/mol. The summed E-state index contributed by atoms with van der Waals surface area (Å²) < 4.78 is 4.73. The smallest absolute Gasteiger partial charge is 0.337 e. The first-order valence-electron chi connectivity index (χ1n) is 6.07. The van der Waals surface area contributed by atoms with Crippen molar-refractivity contribution in [2.45, 2.75) is 13.8 Å². The molecular formula is C13H19N3O2S. The fourth-order valence-corrected chi connectivity index (χ4v) is 1.95. The highest BCUT2D eigenvalue weighted by Gasteiger charge is 2.13. The second-order valence-electron chi connectivity index (χ2n) is 3.89. The van der Waals surface area contributed by atoms with Crippen molar-refractivity contribution in [3.8, 4) is 0 Å². The molecule has 5 nitrogen and oxygen atoms in total. The molecule has 0 unspecified atom stereocenters. The molecule has 0 atom stereocenters. The first kappa shape index (κ1) is 15.2. The minimum absolute atomic E-state index is 0.194. The first-order chi connectivity index (χ1) is 9.03. The third-order valence-electron chi connectivity index (χ3n) is 2.78. The van der Waals surface area contributed by atoms with E-state index in [1.807, 2.05) is 13.8 Å². The summed E-state index contributed by atoms with van der Waals surface area (Å²) in [7, 11) is 1.36. The molecule has 0 heterocycles. The number of nitrogens with two attached hydrogens (primary N) is 1. The minimum Gasteiger partial charge on any atom is -0.465 e. The summed E-state index contributed by atoms with van der Waals surface area (Å²) in [5.74, 6) is -0.365. The molecule has 0 amide bonds. The van der Waals surface area contributed by atoms with E-state index in [0.29, 0.717) is 5.56 Å². The molecule has 3 N–H and O–H groups in total. The van der Waals surface area contributed by atoms with Gasteiger partial charge in [-0.3, -0.25) is 0 Å². The van der Waals surface area contributed by atoms with E-state index in [-0.39, 0.29) is 11.1 Å². The van der Waals surface area contributed by atoms with Gasteiger partial charge in [-0.05, 0) is 44.3 Å². The van der Waals surface area contributed by atoms with Crippen LogP contribution in [0.4, 0.5) is 11.4 Å². The summed E-state index contributed by atoms with van der Waals surface area (Å²) in [4.78, 5) is 13.7. The monoisotopic (exact) mass is 281 g/mol. The summed E-state index contributed by atoms with van der Waals surface area (Å²) in [5, 5.41) is 3.12. The molecule has 19 heavy (non-hydrogen) atoms. The maximum absolute atomic E-state index is 11.6. The Morgan fingerprint density at radius 2 is 2.05 bits per heavy atom. The molecule has 0 spiro atoms. The van der Waals surface area contributed by atoms with Gasteiger partial charge in [0, 0.05) is 13.1 Å². The lowest BCUT2D eigenvalue weighted by atomic mass is 10.1. The van der Waals surface area contributed by atoms with E-state index in [1.165, 1.54) is 7.11 Å². The van der Waals surface area contributed by atoms with Gasteiger partial charge in [0.25, 0.3) is 0 Å². The minimum atomic E-state index is -0.365. The Morgan fingerprint density at radius 1 is 1.42 bits per heavy atom. The van der Waals surface area contributed by atoms with Gasteiger partial charge >= 0.3 is 5.97 Å². The van der Waals surface area contributed by atoms with Crippen LogP contribution in [-0.4, -0.2) is 31.3 Å². The zero-order chi connectivity index (χ0) is 14.4. The van der Waals surface area contributed by atoms with E-state index in [0.717, 1.165) is 24.5 Å². The lowest BCUT2D eigenvalue weighted by molar-refractivity contribution is 0.0601. The van der Waals surface area contributed by atoms with Gasteiger partial charge < -0.3 is 20.7 Å². The summed E-state index contributed by atoms with van der Waals surface area (Å²) in [6.07, 6.45) is 0. The molecule has 1 rings (SSSR count). The van der Waals surface area contributed by atoms with Crippen molar-refractivity contribution >= 4 is 34.7 Å². The Labute approximate surface area is 118 Å². The van der Waals surface area contributed by atoms with Crippen LogP contribution in [0.1, 0.15) is 24.2 Å². The predicted molar refractivity (Wildman–Crippen MR) is 81.8 cm³/mol. The Hall–Kier alpha value is -1.82.